The van der Waals surface area contributed by atoms with Crippen LogP contribution in [0.4, 0.5) is 5.00 Å². The quantitative estimate of drug-likeness (QED) is 0.751. The Labute approximate surface area is 152 Å². The van der Waals surface area contributed by atoms with Gasteiger partial charge in [-0.05, 0) is 37.5 Å². The van der Waals surface area contributed by atoms with E-state index in [4.69, 9.17) is 9.47 Å². The Bertz CT molecular complexity index is 739. The van der Waals surface area contributed by atoms with Crippen LogP contribution in [0.5, 0.6) is 5.75 Å². The van der Waals surface area contributed by atoms with Gasteiger partial charge in [-0.2, -0.15) is 0 Å². The van der Waals surface area contributed by atoms with Gasteiger partial charge in [-0.15, -0.1) is 11.3 Å². The highest BCUT2D eigenvalue weighted by Gasteiger charge is 2.26. The van der Waals surface area contributed by atoms with Crippen molar-refractivity contribution in [1.82, 2.24) is 0 Å². The summed E-state index contributed by atoms with van der Waals surface area (Å²) < 4.78 is 10.6. The number of esters is 1. The molecule has 0 fully saturated rings. The summed E-state index contributed by atoms with van der Waals surface area (Å²) in [5, 5.41) is 3.36. The van der Waals surface area contributed by atoms with Crippen LogP contribution in [0.25, 0.3) is 0 Å². The third-order valence-electron chi connectivity index (χ3n) is 3.87. The van der Waals surface area contributed by atoms with Gasteiger partial charge in [-0.1, -0.05) is 32.0 Å². The fourth-order valence-electron chi connectivity index (χ4n) is 2.59. The number of carbonyl (C=O) groups excluding carboxylic acids is 2. The third-order valence-corrected chi connectivity index (χ3v) is 4.94. The van der Waals surface area contributed by atoms with E-state index >= 15 is 0 Å². The van der Waals surface area contributed by atoms with Crippen LogP contribution in [0.2, 0.25) is 0 Å². The molecule has 1 aromatic heterocycles. The smallest absolute Gasteiger partial charge is 0.341 e. The van der Waals surface area contributed by atoms with Crippen LogP contribution in [0.1, 0.15) is 41.1 Å². The molecule has 0 aliphatic carbocycles. The molecule has 1 heterocycles. The predicted molar refractivity (Wildman–Crippen MR) is 99.6 cm³/mol. The van der Waals surface area contributed by atoms with E-state index in [1.165, 1.54) is 18.4 Å². The van der Waals surface area contributed by atoms with Crippen molar-refractivity contribution < 1.29 is 19.1 Å². The molecular weight excluding hydrogens is 338 g/mol. The first-order chi connectivity index (χ1) is 12.0. The van der Waals surface area contributed by atoms with E-state index in [0.717, 1.165) is 10.4 Å². The molecule has 25 heavy (non-hydrogen) atoms. The van der Waals surface area contributed by atoms with Gasteiger partial charge in [0.2, 0.25) is 0 Å². The molecule has 1 N–H and O–H groups in total. The van der Waals surface area contributed by atoms with Gasteiger partial charge in [0.1, 0.15) is 10.8 Å². The summed E-state index contributed by atoms with van der Waals surface area (Å²) in [7, 11) is 1.34. The summed E-state index contributed by atoms with van der Waals surface area (Å²) in [6.45, 7) is 5.79. The maximum atomic E-state index is 12.6. The third kappa shape index (κ3) is 4.39. The lowest BCUT2D eigenvalue weighted by molar-refractivity contribution is -0.122. The summed E-state index contributed by atoms with van der Waals surface area (Å²) in [5.74, 6) is -0.0803. The second kappa shape index (κ2) is 8.67. The normalized spacial score (nSPS) is 11.7. The van der Waals surface area contributed by atoms with Gasteiger partial charge in [0, 0.05) is 4.88 Å². The molecule has 2 aromatic rings. The number of anilines is 1. The second-order valence-corrected chi connectivity index (χ2v) is 6.73. The summed E-state index contributed by atoms with van der Waals surface area (Å²) in [5.41, 5.74) is 1.35. The number of hydrogen-bond acceptors (Lipinski definition) is 5. The molecule has 0 radical (unpaired) electrons. The Morgan fingerprint density at radius 3 is 2.44 bits per heavy atom. The molecule has 1 aromatic carbocycles. The van der Waals surface area contributed by atoms with Gasteiger partial charge in [0.15, 0.2) is 6.10 Å². The first-order valence-electron chi connectivity index (χ1n) is 8.24. The Kier molecular flexibility index (Phi) is 6.58. The number of carbonyl (C=O) groups is 2. The summed E-state index contributed by atoms with van der Waals surface area (Å²) in [4.78, 5) is 25.8. The molecular formula is C19H23NO4S. The monoisotopic (exact) mass is 361 g/mol. The van der Waals surface area contributed by atoms with Crippen LogP contribution < -0.4 is 10.1 Å². The van der Waals surface area contributed by atoms with Gasteiger partial charge >= 0.3 is 5.97 Å². The average Bonchev–Trinajstić information content (AvgIpc) is 2.94. The first kappa shape index (κ1) is 19.0. The van der Waals surface area contributed by atoms with Crippen molar-refractivity contribution in [2.45, 2.75) is 39.7 Å². The van der Waals surface area contributed by atoms with Crippen molar-refractivity contribution in [3.8, 4) is 5.75 Å². The lowest BCUT2D eigenvalue weighted by atomic mass is 10.1. The number of methoxy groups -OCH3 is 1. The topological polar surface area (TPSA) is 64.6 Å². The summed E-state index contributed by atoms with van der Waals surface area (Å²) in [6, 6.07) is 9.20. The maximum Gasteiger partial charge on any atom is 0.341 e. The molecule has 1 atom stereocenters. The zero-order valence-corrected chi connectivity index (χ0v) is 15.7. The molecule has 5 nitrogen and oxygen atoms in total. The van der Waals surface area contributed by atoms with Crippen molar-refractivity contribution >= 4 is 28.2 Å². The first-order valence-corrected chi connectivity index (χ1v) is 9.06. The molecule has 6 heteroatoms. The standard InChI is InChI=1S/C19H23NO4S/c1-5-14-12(3)25-18(16(14)19(22)23-4)20-17(21)15(6-2)24-13-10-8-7-9-11-13/h7-11,15H,5-6H2,1-4H3,(H,20,21)/t15-/m0/s1. The number of thiophene rings is 1. The lowest BCUT2D eigenvalue weighted by Gasteiger charge is -2.17. The van der Waals surface area contributed by atoms with Crippen molar-refractivity contribution in [2.75, 3.05) is 12.4 Å². The largest absolute Gasteiger partial charge is 0.481 e. The van der Waals surface area contributed by atoms with E-state index < -0.39 is 12.1 Å². The molecule has 0 bridgehead atoms. The number of rotatable bonds is 7. The molecule has 0 saturated carbocycles. The minimum atomic E-state index is -0.639. The Hall–Kier alpha value is -2.34. The average molecular weight is 361 g/mol. The zero-order chi connectivity index (χ0) is 18.4. The minimum Gasteiger partial charge on any atom is -0.481 e. The van der Waals surface area contributed by atoms with Gasteiger partial charge < -0.3 is 14.8 Å². The molecule has 2 rings (SSSR count). The number of ether oxygens (including phenoxy) is 2. The summed E-state index contributed by atoms with van der Waals surface area (Å²) in [6.07, 6.45) is 0.569. The molecule has 0 saturated heterocycles. The molecule has 0 aliphatic heterocycles. The van der Waals surface area contributed by atoms with Crippen molar-refractivity contribution in [3.63, 3.8) is 0 Å². The van der Waals surface area contributed by atoms with Gasteiger partial charge in [-0.3, -0.25) is 4.79 Å². The number of benzene rings is 1. The van der Waals surface area contributed by atoms with Gasteiger partial charge in [0.05, 0.1) is 12.7 Å². The number of nitrogens with one attached hydrogen (secondary N) is 1. The van der Waals surface area contributed by atoms with E-state index in [9.17, 15) is 9.59 Å². The number of hydrogen-bond donors (Lipinski definition) is 1. The van der Waals surface area contributed by atoms with Crippen LogP contribution in [-0.4, -0.2) is 25.1 Å². The molecule has 134 valence electrons. The van der Waals surface area contributed by atoms with Crippen LogP contribution in [0, 0.1) is 6.92 Å². The van der Waals surface area contributed by atoms with Crippen LogP contribution in [0.3, 0.4) is 0 Å². The lowest BCUT2D eigenvalue weighted by Crippen LogP contribution is -2.32. The Morgan fingerprint density at radius 1 is 1.20 bits per heavy atom. The Morgan fingerprint density at radius 2 is 1.88 bits per heavy atom. The maximum absolute atomic E-state index is 12.6. The SMILES string of the molecule is CCc1c(C)sc(NC(=O)[C@H](CC)Oc2ccccc2)c1C(=O)OC. The van der Waals surface area contributed by atoms with E-state index in [1.54, 1.807) is 12.1 Å². The van der Waals surface area contributed by atoms with Crippen molar-refractivity contribution in [1.29, 1.82) is 0 Å². The van der Waals surface area contributed by atoms with E-state index in [1.807, 2.05) is 39.0 Å². The highest BCUT2D eigenvalue weighted by atomic mass is 32.1. The van der Waals surface area contributed by atoms with E-state index in [0.29, 0.717) is 29.2 Å². The van der Waals surface area contributed by atoms with E-state index in [-0.39, 0.29) is 5.91 Å². The molecule has 0 unspecified atom stereocenters. The van der Waals surface area contributed by atoms with Gasteiger partial charge in [0.25, 0.3) is 5.91 Å². The van der Waals surface area contributed by atoms with Gasteiger partial charge in [-0.25, -0.2) is 4.79 Å². The number of aryl methyl sites for hydroxylation is 1. The number of para-hydroxylation sites is 1. The zero-order valence-electron chi connectivity index (χ0n) is 14.9. The highest BCUT2D eigenvalue weighted by Crippen LogP contribution is 2.34. The molecule has 0 aliphatic rings. The number of amides is 1. The van der Waals surface area contributed by atoms with E-state index in [2.05, 4.69) is 5.32 Å². The molecule has 1 amide bonds. The van der Waals surface area contributed by atoms with Crippen molar-refractivity contribution in [3.05, 3.63) is 46.3 Å². The van der Waals surface area contributed by atoms with Crippen LogP contribution >= 0.6 is 11.3 Å². The fraction of sp³-hybridized carbons (Fsp3) is 0.368. The second-order valence-electron chi connectivity index (χ2n) is 5.50. The Balaban J connectivity index is 2.22. The van der Waals surface area contributed by atoms with Crippen LogP contribution in [0.15, 0.2) is 30.3 Å². The summed E-state index contributed by atoms with van der Waals surface area (Å²) >= 11 is 1.38. The predicted octanol–water partition coefficient (Wildman–Crippen LogP) is 4.20. The minimum absolute atomic E-state index is 0.277. The fourth-order valence-corrected chi connectivity index (χ4v) is 3.72. The van der Waals surface area contributed by atoms with Crippen molar-refractivity contribution in [2.24, 2.45) is 0 Å². The highest BCUT2D eigenvalue weighted by molar-refractivity contribution is 7.16. The molecule has 0 spiro atoms. The van der Waals surface area contributed by atoms with Crippen LogP contribution in [-0.2, 0) is 16.0 Å².